The van der Waals surface area contributed by atoms with Gasteiger partial charge in [0.05, 0.1) is 16.2 Å². The second-order valence-corrected chi connectivity index (χ2v) is 5.95. The number of hydrogen-bond acceptors (Lipinski definition) is 4. The van der Waals surface area contributed by atoms with Gasteiger partial charge in [0.25, 0.3) is 5.69 Å². The maximum absolute atomic E-state index is 12.3. The molecular weight excluding hydrogens is 348 g/mol. The number of halogens is 1. The lowest BCUT2D eigenvalue weighted by Crippen LogP contribution is -2.23. The van der Waals surface area contributed by atoms with Crippen molar-refractivity contribution in [3.8, 4) is 0 Å². The molecule has 0 saturated carbocycles. The third-order valence-electron chi connectivity index (χ3n) is 3.61. The Morgan fingerprint density at radius 2 is 1.88 bits per heavy atom. The average molecular weight is 363 g/mol. The largest absolute Gasteiger partial charge is 0.478 e. The van der Waals surface area contributed by atoms with Gasteiger partial charge in [0.2, 0.25) is 5.91 Å². The van der Waals surface area contributed by atoms with Crippen molar-refractivity contribution in [1.29, 1.82) is 0 Å². The lowest BCUT2D eigenvalue weighted by molar-refractivity contribution is -0.384. The molecule has 0 aromatic heterocycles. The lowest BCUT2D eigenvalue weighted by Gasteiger charge is -2.14. The summed E-state index contributed by atoms with van der Waals surface area (Å²) >= 11 is 5.78. The number of nitro benzene ring substituents is 1. The van der Waals surface area contributed by atoms with E-state index in [0.29, 0.717) is 6.42 Å². The number of carbonyl (C=O) groups is 2. The average Bonchev–Trinajstić information content (AvgIpc) is 2.56. The smallest absolute Gasteiger partial charge is 0.337 e. The molecule has 0 fully saturated rings. The Balaban J connectivity index is 2.08. The van der Waals surface area contributed by atoms with Crippen LogP contribution in [-0.4, -0.2) is 21.9 Å². The van der Waals surface area contributed by atoms with Gasteiger partial charge < -0.3 is 10.4 Å². The van der Waals surface area contributed by atoms with Crippen molar-refractivity contribution in [1.82, 2.24) is 0 Å². The molecule has 1 amide bonds. The molecule has 0 aliphatic heterocycles. The molecule has 0 saturated heterocycles. The SMILES string of the molecule is CC(Cc1ccc([N+](=O)[O-])cc1)C(=O)Nc1ccc(Cl)cc1C(=O)O. The number of nitro groups is 1. The number of amides is 1. The first-order valence-electron chi connectivity index (χ1n) is 7.35. The summed E-state index contributed by atoms with van der Waals surface area (Å²) < 4.78 is 0. The zero-order valence-electron chi connectivity index (χ0n) is 13.2. The van der Waals surface area contributed by atoms with Crippen LogP contribution < -0.4 is 5.32 Å². The van der Waals surface area contributed by atoms with E-state index in [2.05, 4.69) is 5.32 Å². The third kappa shape index (κ3) is 4.77. The fourth-order valence-corrected chi connectivity index (χ4v) is 2.43. The van der Waals surface area contributed by atoms with Crippen molar-refractivity contribution < 1.29 is 19.6 Å². The first-order valence-corrected chi connectivity index (χ1v) is 7.72. The van der Waals surface area contributed by atoms with E-state index in [1.54, 1.807) is 19.1 Å². The maximum atomic E-state index is 12.3. The molecule has 0 bridgehead atoms. The summed E-state index contributed by atoms with van der Waals surface area (Å²) in [5.74, 6) is -2.01. The molecule has 2 rings (SSSR count). The highest BCUT2D eigenvalue weighted by molar-refractivity contribution is 6.31. The van der Waals surface area contributed by atoms with Gasteiger partial charge in [0.15, 0.2) is 0 Å². The first kappa shape index (κ1) is 18.4. The molecule has 2 aromatic carbocycles. The number of aromatic carboxylic acids is 1. The van der Waals surface area contributed by atoms with Gasteiger partial charge in [-0.1, -0.05) is 30.7 Å². The second-order valence-electron chi connectivity index (χ2n) is 5.51. The number of nitrogens with one attached hydrogen (secondary N) is 1. The van der Waals surface area contributed by atoms with E-state index in [1.807, 2.05) is 0 Å². The molecule has 2 N–H and O–H groups in total. The molecule has 7 nitrogen and oxygen atoms in total. The fraction of sp³-hybridized carbons (Fsp3) is 0.176. The minimum Gasteiger partial charge on any atom is -0.478 e. The van der Waals surface area contributed by atoms with Gasteiger partial charge in [-0.25, -0.2) is 4.79 Å². The Morgan fingerprint density at radius 1 is 1.24 bits per heavy atom. The van der Waals surface area contributed by atoms with Crippen molar-refractivity contribution >= 4 is 34.9 Å². The highest BCUT2D eigenvalue weighted by Gasteiger charge is 2.18. The van der Waals surface area contributed by atoms with Crippen LogP contribution in [0.2, 0.25) is 5.02 Å². The summed E-state index contributed by atoms with van der Waals surface area (Å²) in [6, 6.07) is 10.1. The molecule has 1 atom stereocenters. The van der Waals surface area contributed by atoms with Crippen LogP contribution in [0.15, 0.2) is 42.5 Å². The Labute approximate surface area is 148 Å². The van der Waals surface area contributed by atoms with Crippen molar-refractivity contribution in [2.45, 2.75) is 13.3 Å². The molecule has 25 heavy (non-hydrogen) atoms. The van der Waals surface area contributed by atoms with Crippen LogP contribution in [0.4, 0.5) is 11.4 Å². The van der Waals surface area contributed by atoms with Gasteiger partial charge in [-0.3, -0.25) is 14.9 Å². The molecule has 0 spiro atoms. The minimum atomic E-state index is -1.19. The van der Waals surface area contributed by atoms with Crippen molar-refractivity contribution in [3.63, 3.8) is 0 Å². The predicted molar refractivity (Wildman–Crippen MR) is 93.0 cm³/mol. The zero-order valence-corrected chi connectivity index (χ0v) is 14.0. The summed E-state index contributed by atoms with van der Waals surface area (Å²) in [7, 11) is 0. The molecular formula is C17H15ClN2O5. The van der Waals surface area contributed by atoms with E-state index in [0.717, 1.165) is 5.56 Å². The van der Waals surface area contributed by atoms with Crippen molar-refractivity contribution in [2.75, 3.05) is 5.32 Å². The van der Waals surface area contributed by atoms with Crippen LogP contribution in [0, 0.1) is 16.0 Å². The Bertz CT molecular complexity index is 820. The summed E-state index contributed by atoms with van der Waals surface area (Å²) in [6.07, 6.45) is 0.361. The van der Waals surface area contributed by atoms with Crippen LogP contribution in [0.1, 0.15) is 22.8 Å². The quantitative estimate of drug-likeness (QED) is 0.600. The van der Waals surface area contributed by atoms with E-state index < -0.39 is 16.8 Å². The normalized spacial score (nSPS) is 11.6. The van der Waals surface area contributed by atoms with Crippen LogP contribution in [-0.2, 0) is 11.2 Å². The Morgan fingerprint density at radius 3 is 2.44 bits per heavy atom. The van der Waals surface area contributed by atoms with Gasteiger partial charge in [-0.05, 0) is 30.2 Å². The highest BCUT2D eigenvalue weighted by Crippen LogP contribution is 2.22. The third-order valence-corrected chi connectivity index (χ3v) is 3.84. The van der Waals surface area contributed by atoms with E-state index in [9.17, 15) is 24.8 Å². The molecule has 1 unspecified atom stereocenters. The van der Waals surface area contributed by atoms with E-state index >= 15 is 0 Å². The first-order chi connectivity index (χ1) is 11.8. The van der Waals surface area contributed by atoms with Gasteiger partial charge in [-0.15, -0.1) is 0 Å². The number of anilines is 1. The van der Waals surface area contributed by atoms with E-state index in [4.69, 9.17) is 11.6 Å². The lowest BCUT2D eigenvalue weighted by atomic mass is 10.00. The van der Waals surface area contributed by atoms with E-state index in [1.165, 1.54) is 30.3 Å². The van der Waals surface area contributed by atoms with Gasteiger partial charge in [-0.2, -0.15) is 0 Å². The fourth-order valence-electron chi connectivity index (χ4n) is 2.26. The van der Waals surface area contributed by atoms with Crippen molar-refractivity contribution in [3.05, 3.63) is 68.7 Å². The second kappa shape index (κ2) is 7.76. The van der Waals surface area contributed by atoms with Gasteiger partial charge >= 0.3 is 5.97 Å². The number of benzene rings is 2. The van der Waals surface area contributed by atoms with E-state index in [-0.39, 0.29) is 27.9 Å². The Kier molecular flexibility index (Phi) is 5.71. The number of carboxylic acids is 1. The van der Waals surface area contributed by atoms with Crippen LogP contribution in [0.5, 0.6) is 0 Å². The monoisotopic (exact) mass is 362 g/mol. The predicted octanol–water partition coefficient (Wildman–Crippen LogP) is 3.76. The number of nitrogens with zero attached hydrogens (tertiary/aromatic N) is 1. The molecule has 2 aromatic rings. The van der Waals surface area contributed by atoms with Crippen LogP contribution in [0.3, 0.4) is 0 Å². The molecule has 130 valence electrons. The zero-order chi connectivity index (χ0) is 18.6. The standard InChI is InChI=1S/C17H15ClN2O5/c1-10(8-11-2-5-13(6-3-11)20(24)25)16(21)19-15-7-4-12(18)9-14(15)17(22)23/h2-7,9-10H,8H2,1H3,(H,19,21)(H,22,23). The number of rotatable bonds is 6. The number of non-ortho nitro benzene ring substituents is 1. The minimum absolute atomic E-state index is 0.0203. The van der Waals surface area contributed by atoms with Crippen LogP contribution >= 0.6 is 11.6 Å². The summed E-state index contributed by atoms with van der Waals surface area (Å²) in [5.41, 5.74) is 0.816. The summed E-state index contributed by atoms with van der Waals surface area (Å²) in [5, 5.41) is 22.7. The highest BCUT2D eigenvalue weighted by atomic mass is 35.5. The topological polar surface area (TPSA) is 110 Å². The number of carbonyl (C=O) groups excluding carboxylic acids is 1. The van der Waals surface area contributed by atoms with Crippen LogP contribution in [0.25, 0.3) is 0 Å². The number of carboxylic acid groups (broad SMARTS) is 1. The van der Waals surface area contributed by atoms with Crippen molar-refractivity contribution in [2.24, 2.45) is 5.92 Å². The summed E-state index contributed by atoms with van der Waals surface area (Å²) in [4.78, 5) is 33.7. The molecule has 0 aliphatic carbocycles. The van der Waals surface area contributed by atoms with Gasteiger partial charge in [0.1, 0.15) is 0 Å². The molecule has 0 radical (unpaired) electrons. The molecule has 8 heteroatoms. The molecule has 0 aliphatic rings. The Hall–Kier alpha value is -2.93. The number of hydrogen-bond donors (Lipinski definition) is 2. The van der Waals surface area contributed by atoms with Gasteiger partial charge in [0, 0.05) is 23.1 Å². The summed E-state index contributed by atoms with van der Waals surface area (Å²) in [6.45, 7) is 1.69. The molecule has 0 heterocycles. The maximum Gasteiger partial charge on any atom is 0.337 e.